The summed E-state index contributed by atoms with van der Waals surface area (Å²) in [6.07, 6.45) is -0.458. The quantitative estimate of drug-likeness (QED) is 0.576. The Balaban J connectivity index is 1.63. The van der Waals surface area contributed by atoms with Crippen LogP contribution in [-0.2, 0) is 23.0 Å². The van der Waals surface area contributed by atoms with Crippen LogP contribution in [0.1, 0.15) is 41.5 Å². The Bertz CT molecular complexity index is 1180. The molecule has 0 saturated carbocycles. The first-order chi connectivity index (χ1) is 14.2. The molecule has 0 bridgehead atoms. The fourth-order valence-corrected chi connectivity index (χ4v) is 4.76. The highest BCUT2D eigenvalue weighted by Gasteiger charge is 2.33. The molecular weight excluding hydrogens is 419 g/mol. The summed E-state index contributed by atoms with van der Waals surface area (Å²) >= 11 is 0. The minimum absolute atomic E-state index is 0.132. The molecule has 0 amide bonds. The largest absolute Gasteiger partial charge is 0.415 e. The number of halogens is 3. The first-order valence-electron chi connectivity index (χ1n) is 9.19. The predicted octanol–water partition coefficient (Wildman–Crippen LogP) is 4.26. The van der Waals surface area contributed by atoms with Crippen LogP contribution in [0.3, 0.4) is 0 Å². The van der Waals surface area contributed by atoms with Crippen molar-refractivity contribution >= 4 is 10.0 Å². The van der Waals surface area contributed by atoms with Crippen LogP contribution in [0.25, 0.3) is 11.5 Å². The van der Waals surface area contributed by atoms with Crippen molar-refractivity contribution in [1.29, 1.82) is 0 Å². The molecule has 0 unspecified atom stereocenters. The highest BCUT2D eigenvalue weighted by atomic mass is 32.2. The van der Waals surface area contributed by atoms with Gasteiger partial charge in [0.2, 0.25) is 15.9 Å². The second kappa shape index (κ2) is 7.84. The molecule has 0 N–H and O–H groups in total. The van der Waals surface area contributed by atoms with Gasteiger partial charge in [0.15, 0.2) is 0 Å². The van der Waals surface area contributed by atoms with Gasteiger partial charge in [0.05, 0.1) is 12.3 Å². The van der Waals surface area contributed by atoms with Crippen molar-refractivity contribution < 1.29 is 26.0 Å². The molecule has 0 spiro atoms. The molecule has 1 aromatic heterocycles. The molecule has 6 nitrogen and oxygen atoms in total. The van der Waals surface area contributed by atoms with Crippen molar-refractivity contribution in [3.8, 4) is 11.5 Å². The van der Waals surface area contributed by atoms with Gasteiger partial charge in [0.1, 0.15) is 5.82 Å². The zero-order valence-electron chi connectivity index (χ0n) is 15.9. The van der Waals surface area contributed by atoms with Crippen LogP contribution >= 0.6 is 0 Å². The number of alkyl halides is 2. The van der Waals surface area contributed by atoms with E-state index in [1.807, 2.05) is 24.3 Å². The molecule has 1 heterocycles. The lowest BCUT2D eigenvalue weighted by Crippen LogP contribution is -2.33. The molecule has 3 aromatic rings. The Morgan fingerprint density at radius 2 is 1.97 bits per heavy atom. The lowest BCUT2D eigenvalue weighted by atomic mass is 10.1. The number of hydrogen-bond acceptors (Lipinski definition) is 5. The van der Waals surface area contributed by atoms with Crippen LogP contribution in [0.5, 0.6) is 0 Å². The molecule has 30 heavy (non-hydrogen) atoms. The number of rotatable bonds is 6. The second-order valence-electron chi connectivity index (χ2n) is 7.11. The lowest BCUT2D eigenvalue weighted by molar-refractivity contribution is 0.116. The Morgan fingerprint density at radius 3 is 2.63 bits per heavy atom. The maximum Gasteiger partial charge on any atom is 0.314 e. The summed E-state index contributed by atoms with van der Waals surface area (Å²) in [4.78, 5) is 0. The highest BCUT2D eigenvalue weighted by Crippen LogP contribution is 2.38. The van der Waals surface area contributed by atoms with E-state index in [1.165, 1.54) is 16.4 Å². The number of fused-ring (bicyclic) bond motifs is 1. The fraction of sp³-hybridized carbons (Fsp3) is 0.300. The van der Waals surface area contributed by atoms with Gasteiger partial charge in [-0.2, -0.15) is 13.1 Å². The third-order valence-corrected chi connectivity index (χ3v) is 6.36. The summed E-state index contributed by atoms with van der Waals surface area (Å²) in [6.45, 7) is -0.157. The molecule has 158 valence electrons. The van der Waals surface area contributed by atoms with E-state index in [0.29, 0.717) is 6.42 Å². The number of aryl methyl sites for hydroxylation is 1. The maximum atomic E-state index is 14.8. The van der Waals surface area contributed by atoms with Gasteiger partial charge in [-0.25, -0.2) is 12.8 Å². The van der Waals surface area contributed by atoms with Gasteiger partial charge in [0.25, 0.3) is 5.89 Å². The number of nitrogens with zero attached hydrogens (tertiary/aromatic N) is 3. The fourth-order valence-electron chi connectivity index (χ4n) is 3.71. The zero-order chi connectivity index (χ0) is 21.5. The molecule has 1 aliphatic carbocycles. The van der Waals surface area contributed by atoms with Crippen LogP contribution in [0.15, 0.2) is 46.9 Å². The van der Waals surface area contributed by atoms with Crippen LogP contribution in [0.2, 0.25) is 0 Å². The molecule has 0 aliphatic heterocycles. The van der Waals surface area contributed by atoms with E-state index in [1.54, 1.807) is 0 Å². The molecule has 0 saturated heterocycles. The number of hydrogen-bond donors (Lipinski definition) is 0. The van der Waals surface area contributed by atoms with Crippen molar-refractivity contribution in [2.45, 2.75) is 31.9 Å². The third-order valence-electron chi connectivity index (χ3n) is 5.13. The maximum absolute atomic E-state index is 14.8. The smallest absolute Gasteiger partial charge is 0.314 e. The topological polar surface area (TPSA) is 76.3 Å². The molecule has 0 fully saturated rings. The minimum Gasteiger partial charge on any atom is -0.415 e. The van der Waals surface area contributed by atoms with Gasteiger partial charge < -0.3 is 4.42 Å². The van der Waals surface area contributed by atoms with Crippen LogP contribution in [0, 0.1) is 5.82 Å². The van der Waals surface area contributed by atoms with Crippen molar-refractivity contribution in [1.82, 2.24) is 14.5 Å². The van der Waals surface area contributed by atoms with Gasteiger partial charge in [-0.3, -0.25) is 0 Å². The van der Waals surface area contributed by atoms with Crippen LogP contribution in [0.4, 0.5) is 13.2 Å². The Morgan fingerprint density at radius 1 is 1.20 bits per heavy atom. The van der Waals surface area contributed by atoms with Gasteiger partial charge in [0, 0.05) is 17.7 Å². The Labute approximate surface area is 171 Å². The molecule has 2 aromatic carbocycles. The third kappa shape index (κ3) is 3.97. The minimum atomic E-state index is -3.63. The molecule has 4 rings (SSSR count). The van der Waals surface area contributed by atoms with E-state index in [-0.39, 0.29) is 29.6 Å². The van der Waals surface area contributed by atoms with E-state index < -0.39 is 28.2 Å². The van der Waals surface area contributed by atoms with Crippen LogP contribution < -0.4 is 0 Å². The summed E-state index contributed by atoms with van der Waals surface area (Å²) in [6, 6.07) is 11.1. The highest BCUT2D eigenvalue weighted by molar-refractivity contribution is 7.88. The van der Waals surface area contributed by atoms with Crippen molar-refractivity contribution in [2.24, 2.45) is 0 Å². The molecule has 1 aliphatic rings. The Hall–Kier alpha value is -2.72. The SMILES string of the molecule is CS(=O)(=O)N(Cc1ccc(-c2nnc(C(F)F)o2)cc1F)[C@H]1CCc2ccccc21. The normalized spacial score (nSPS) is 16.4. The molecule has 10 heteroatoms. The van der Waals surface area contributed by atoms with Crippen molar-refractivity contribution in [2.75, 3.05) is 6.26 Å². The average molecular weight is 437 g/mol. The van der Waals surface area contributed by atoms with Crippen molar-refractivity contribution in [3.63, 3.8) is 0 Å². The summed E-state index contributed by atoms with van der Waals surface area (Å²) in [7, 11) is -3.63. The zero-order valence-corrected chi connectivity index (χ0v) is 16.7. The monoisotopic (exact) mass is 437 g/mol. The summed E-state index contributed by atoms with van der Waals surface area (Å²) < 4.78 is 71.1. The summed E-state index contributed by atoms with van der Waals surface area (Å²) in [5.41, 5.74) is 2.29. The molecular formula is C20H18F3N3O3S. The van der Waals surface area contributed by atoms with E-state index >= 15 is 0 Å². The standard InChI is InChI=1S/C20H18F3N3O3S/c1-30(27,28)26(17-9-8-12-4-2-3-5-15(12)17)11-14-7-6-13(10-16(14)21)19-24-25-20(29-19)18(22)23/h2-7,10,17-18H,8-9,11H2,1H3/t17-/m0/s1. The summed E-state index contributed by atoms with van der Waals surface area (Å²) in [5.74, 6) is -1.78. The lowest BCUT2D eigenvalue weighted by Gasteiger charge is -2.27. The number of benzene rings is 2. The summed E-state index contributed by atoms with van der Waals surface area (Å²) in [5, 5.41) is 6.72. The molecule has 1 atom stereocenters. The van der Waals surface area contributed by atoms with E-state index in [0.717, 1.165) is 29.9 Å². The van der Waals surface area contributed by atoms with Gasteiger partial charge in [-0.1, -0.05) is 30.3 Å². The van der Waals surface area contributed by atoms with Gasteiger partial charge in [-0.15, -0.1) is 10.2 Å². The second-order valence-corrected chi connectivity index (χ2v) is 9.05. The Kier molecular flexibility index (Phi) is 5.37. The predicted molar refractivity (Wildman–Crippen MR) is 103 cm³/mol. The first kappa shape index (κ1) is 20.5. The average Bonchev–Trinajstić information content (AvgIpc) is 3.34. The van der Waals surface area contributed by atoms with Crippen LogP contribution in [-0.4, -0.2) is 29.2 Å². The number of sulfonamides is 1. The van der Waals surface area contributed by atoms with E-state index in [4.69, 9.17) is 4.42 Å². The number of aromatic nitrogens is 2. The molecule has 0 radical (unpaired) electrons. The van der Waals surface area contributed by atoms with E-state index in [9.17, 15) is 21.6 Å². The first-order valence-corrected chi connectivity index (χ1v) is 11.0. The van der Waals surface area contributed by atoms with Gasteiger partial charge >= 0.3 is 6.43 Å². The van der Waals surface area contributed by atoms with Crippen molar-refractivity contribution in [3.05, 3.63) is 70.9 Å². The van der Waals surface area contributed by atoms with E-state index in [2.05, 4.69) is 10.2 Å². The van der Waals surface area contributed by atoms with Gasteiger partial charge in [-0.05, 0) is 36.1 Å².